The second-order valence-corrected chi connectivity index (χ2v) is 4.13. The summed E-state index contributed by atoms with van der Waals surface area (Å²) in [6.45, 7) is 3.09. The summed E-state index contributed by atoms with van der Waals surface area (Å²) in [5.74, 6) is 0.346. The van der Waals surface area contributed by atoms with Crippen molar-refractivity contribution in [2.45, 2.75) is 13.5 Å². The first-order chi connectivity index (χ1) is 9.69. The number of benzene rings is 1. The van der Waals surface area contributed by atoms with E-state index in [-0.39, 0.29) is 5.97 Å². The first-order valence-corrected chi connectivity index (χ1v) is 6.37. The van der Waals surface area contributed by atoms with Crippen LogP contribution in [0.2, 0.25) is 0 Å². The van der Waals surface area contributed by atoms with Crippen LogP contribution in [0.4, 0.5) is 5.69 Å². The van der Waals surface area contributed by atoms with Gasteiger partial charge in [-0.1, -0.05) is 6.07 Å². The van der Waals surface area contributed by atoms with Gasteiger partial charge < -0.3 is 15.2 Å². The van der Waals surface area contributed by atoms with Gasteiger partial charge in [-0.3, -0.25) is 4.68 Å². The van der Waals surface area contributed by atoms with Crippen LogP contribution in [0.25, 0.3) is 0 Å². The Labute approximate surface area is 117 Å². The average molecular weight is 275 g/mol. The molecule has 0 fully saturated rings. The van der Waals surface area contributed by atoms with Gasteiger partial charge in [0.15, 0.2) is 0 Å². The van der Waals surface area contributed by atoms with Gasteiger partial charge in [0.25, 0.3) is 0 Å². The Bertz CT molecular complexity index is 581. The molecule has 1 aromatic carbocycles. The first-order valence-electron chi connectivity index (χ1n) is 6.37. The van der Waals surface area contributed by atoms with Gasteiger partial charge in [0.1, 0.15) is 12.4 Å². The minimum atomic E-state index is -0.365. The summed E-state index contributed by atoms with van der Waals surface area (Å²) < 4.78 is 12.1. The highest BCUT2D eigenvalue weighted by Crippen LogP contribution is 2.14. The van der Waals surface area contributed by atoms with E-state index < -0.39 is 0 Å². The van der Waals surface area contributed by atoms with E-state index in [9.17, 15) is 4.79 Å². The maximum Gasteiger partial charge on any atom is 0.341 e. The summed E-state index contributed by atoms with van der Waals surface area (Å²) in [5.41, 5.74) is 6.76. The number of hydrogen-bond donors (Lipinski definition) is 1. The third-order valence-corrected chi connectivity index (χ3v) is 2.59. The van der Waals surface area contributed by atoms with Crippen molar-refractivity contribution in [3.8, 4) is 5.75 Å². The lowest BCUT2D eigenvalue weighted by atomic mass is 10.3. The van der Waals surface area contributed by atoms with Crippen molar-refractivity contribution in [3.05, 3.63) is 42.2 Å². The van der Waals surface area contributed by atoms with Crippen LogP contribution in [0.1, 0.15) is 17.3 Å². The first kappa shape index (κ1) is 13.9. The number of hydrogen-bond acceptors (Lipinski definition) is 5. The Morgan fingerprint density at radius 3 is 3.05 bits per heavy atom. The molecule has 2 aromatic rings. The molecule has 0 saturated carbocycles. The molecule has 6 nitrogen and oxygen atoms in total. The molecule has 0 aliphatic carbocycles. The molecule has 106 valence electrons. The normalized spacial score (nSPS) is 10.2. The van der Waals surface area contributed by atoms with E-state index >= 15 is 0 Å². The number of anilines is 1. The summed E-state index contributed by atoms with van der Waals surface area (Å²) in [6, 6.07) is 7.22. The molecular weight excluding hydrogens is 258 g/mol. The Morgan fingerprint density at radius 2 is 2.30 bits per heavy atom. The molecule has 0 spiro atoms. The molecule has 0 radical (unpaired) electrons. The SMILES string of the molecule is CCOC(=O)c1cnn(CCOc2cccc(N)c2)c1. The zero-order valence-electron chi connectivity index (χ0n) is 11.3. The number of aromatic nitrogens is 2. The molecule has 0 aliphatic rings. The summed E-state index contributed by atoms with van der Waals surface area (Å²) in [5, 5.41) is 4.08. The maximum atomic E-state index is 11.5. The monoisotopic (exact) mass is 275 g/mol. The number of nitrogens with two attached hydrogens (primary N) is 1. The van der Waals surface area contributed by atoms with Crippen LogP contribution in [0.5, 0.6) is 5.75 Å². The Balaban J connectivity index is 1.84. The van der Waals surface area contributed by atoms with Crippen molar-refractivity contribution in [1.82, 2.24) is 9.78 Å². The van der Waals surface area contributed by atoms with Crippen LogP contribution in [-0.4, -0.2) is 29.0 Å². The molecule has 2 rings (SSSR count). The van der Waals surface area contributed by atoms with Crippen molar-refractivity contribution >= 4 is 11.7 Å². The number of ether oxygens (including phenoxy) is 2. The van der Waals surface area contributed by atoms with Crippen LogP contribution in [-0.2, 0) is 11.3 Å². The molecule has 0 bridgehead atoms. The Morgan fingerprint density at radius 1 is 1.45 bits per heavy atom. The number of nitrogen functional groups attached to an aromatic ring is 1. The number of carbonyl (C=O) groups is 1. The van der Waals surface area contributed by atoms with E-state index in [0.29, 0.717) is 36.8 Å². The number of carbonyl (C=O) groups excluding carboxylic acids is 1. The zero-order valence-corrected chi connectivity index (χ0v) is 11.3. The van der Waals surface area contributed by atoms with Crippen LogP contribution >= 0.6 is 0 Å². The maximum absolute atomic E-state index is 11.5. The minimum Gasteiger partial charge on any atom is -0.492 e. The van der Waals surface area contributed by atoms with Crippen LogP contribution in [0.3, 0.4) is 0 Å². The lowest BCUT2D eigenvalue weighted by molar-refractivity contribution is 0.0526. The highest BCUT2D eigenvalue weighted by atomic mass is 16.5. The number of nitrogens with zero attached hydrogens (tertiary/aromatic N) is 2. The fourth-order valence-corrected chi connectivity index (χ4v) is 1.67. The van der Waals surface area contributed by atoms with Crippen molar-refractivity contribution in [1.29, 1.82) is 0 Å². The second kappa shape index (κ2) is 6.60. The van der Waals surface area contributed by atoms with Gasteiger partial charge >= 0.3 is 5.97 Å². The van der Waals surface area contributed by atoms with E-state index in [1.54, 1.807) is 29.9 Å². The van der Waals surface area contributed by atoms with Crippen LogP contribution < -0.4 is 10.5 Å². The van der Waals surface area contributed by atoms with Crippen molar-refractivity contribution in [2.75, 3.05) is 18.9 Å². The van der Waals surface area contributed by atoms with E-state index in [1.165, 1.54) is 6.20 Å². The highest BCUT2D eigenvalue weighted by Gasteiger charge is 2.08. The Hall–Kier alpha value is -2.50. The van der Waals surface area contributed by atoms with Gasteiger partial charge in [-0.2, -0.15) is 5.10 Å². The summed E-state index contributed by atoms with van der Waals surface area (Å²) in [6.07, 6.45) is 3.12. The number of esters is 1. The van der Waals surface area contributed by atoms with E-state index in [0.717, 1.165) is 0 Å². The van der Waals surface area contributed by atoms with Gasteiger partial charge in [0, 0.05) is 18.0 Å². The zero-order chi connectivity index (χ0) is 14.4. The molecule has 20 heavy (non-hydrogen) atoms. The van der Waals surface area contributed by atoms with Gasteiger partial charge in [0.05, 0.1) is 24.9 Å². The van der Waals surface area contributed by atoms with Gasteiger partial charge in [-0.25, -0.2) is 4.79 Å². The molecule has 1 aromatic heterocycles. The molecule has 0 aliphatic heterocycles. The molecule has 0 unspecified atom stereocenters. The molecule has 0 saturated heterocycles. The molecule has 2 N–H and O–H groups in total. The fraction of sp³-hybridized carbons (Fsp3) is 0.286. The third-order valence-electron chi connectivity index (χ3n) is 2.59. The average Bonchev–Trinajstić information content (AvgIpc) is 2.88. The summed E-state index contributed by atoms with van der Waals surface area (Å²) in [7, 11) is 0. The molecule has 1 heterocycles. The second-order valence-electron chi connectivity index (χ2n) is 4.13. The lowest BCUT2D eigenvalue weighted by Crippen LogP contribution is -2.09. The topological polar surface area (TPSA) is 79.4 Å². The third kappa shape index (κ3) is 3.74. The van der Waals surface area contributed by atoms with Crippen LogP contribution in [0, 0.1) is 0 Å². The predicted octanol–water partition coefficient (Wildman–Crippen LogP) is 1.72. The smallest absolute Gasteiger partial charge is 0.341 e. The van der Waals surface area contributed by atoms with E-state index in [1.807, 2.05) is 12.1 Å². The fourth-order valence-electron chi connectivity index (χ4n) is 1.67. The standard InChI is InChI=1S/C14H17N3O3/c1-2-19-14(18)11-9-16-17(10-11)6-7-20-13-5-3-4-12(15)8-13/h3-5,8-10H,2,6-7,15H2,1H3. The van der Waals surface area contributed by atoms with Gasteiger partial charge in [-0.05, 0) is 19.1 Å². The summed E-state index contributed by atoms with van der Waals surface area (Å²) >= 11 is 0. The molecule has 6 heteroatoms. The highest BCUT2D eigenvalue weighted by molar-refractivity contribution is 5.88. The summed E-state index contributed by atoms with van der Waals surface area (Å²) in [4.78, 5) is 11.5. The van der Waals surface area contributed by atoms with Crippen molar-refractivity contribution in [3.63, 3.8) is 0 Å². The largest absolute Gasteiger partial charge is 0.492 e. The predicted molar refractivity (Wildman–Crippen MR) is 74.5 cm³/mol. The van der Waals surface area contributed by atoms with Gasteiger partial charge in [-0.15, -0.1) is 0 Å². The van der Waals surface area contributed by atoms with Gasteiger partial charge in [0.2, 0.25) is 0 Å². The number of rotatable bonds is 6. The molecular formula is C14H17N3O3. The minimum absolute atomic E-state index is 0.350. The van der Waals surface area contributed by atoms with Crippen molar-refractivity contribution in [2.24, 2.45) is 0 Å². The van der Waals surface area contributed by atoms with E-state index in [4.69, 9.17) is 15.2 Å². The Kier molecular flexibility index (Phi) is 4.60. The van der Waals surface area contributed by atoms with Crippen LogP contribution in [0.15, 0.2) is 36.7 Å². The molecule has 0 amide bonds. The van der Waals surface area contributed by atoms with E-state index in [2.05, 4.69) is 5.10 Å². The molecule has 0 atom stereocenters. The lowest BCUT2D eigenvalue weighted by Gasteiger charge is -2.06. The van der Waals surface area contributed by atoms with Crippen molar-refractivity contribution < 1.29 is 14.3 Å². The quantitative estimate of drug-likeness (QED) is 0.641.